The number of nitrogens with two attached hydrogens (primary N) is 1. The van der Waals surface area contributed by atoms with Crippen LogP contribution in [0.1, 0.15) is 30.8 Å². The summed E-state index contributed by atoms with van der Waals surface area (Å²) in [6.07, 6.45) is 4.53. The summed E-state index contributed by atoms with van der Waals surface area (Å²) in [6.45, 7) is 6.53. The predicted octanol–water partition coefficient (Wildman–Crippen LogP) is 2.89. The van der Waals surface area contributed by atoms with Crippen LogP contribution in [0.15, 0.2) is 39.8 Å². The van der Waals surface area contributed by atoms with Crippen LogP contribution in [0, 0.1) is 6.92 Å². The Morgan fingerprint density at radius 2 is 2.22 bits per heavy atom. The number of nitrogen functional groups attached to an aromatic ring is 1. The van der Waals surface area contributed by atoms with Gasteiger partial charge in [-0.15, -0.1) is 0 Å². The molecule has 0 saturated heterocycles. The number of hydrogen-bond acceptors (Lipinski definition) is 4. The molecule has 3 heterocycles. The highest BCUT2D eigenvalue weighted by Crippen LogP contribution is 2.32. The zero-order chi connectivity index (χ0) is 16.6. The summed E-state index contributed by atoms with van der Waals surface area (Å²) in [7, 11) is 0. The molecule has 0 aromatic carbocycles. The number of nitrogens with zero attached hydrogens (tertiary/aromatic N) is 3. The summed E-state index contributed by atoms with van der Waals surface area (Å²) in [6, 6.07) is 5.46. The van der Waals surface area contributed by atoms with E-state index in [4.69, 9.17) is 10.7 Å². The Balaban J connectivity index is 1.97. The summed E-state index contributed by atoms with van der Waals surface area (Å²) in [5.74, 6) is 0. The van der Waals surface area contributed by atoms with Crippen molar-refractivity contribution in [1.82, 2.24) is 9.55 Å². The SMILES string of the molecule is CC(C)=Cc1nc(C)cc2c1N=C(Cn1cccc(N)c1=O)C2. The van der Waals surface area contributed by atoms with E-state index in [2.05, 4.69) is 11.1 Å². The van der Waals surface area contributed by atoms with Crippen molar-refractivity contribution in [2.24, 2.45) is 4.99 Å². The van der Waals surface area contributed by atoms with Gasteiger partial charge in [0.05, 0.1) is 23.6 Å². The summed E-state index contributed by atoms with van der Waals surface area (Å²) < 4.78 is 1.60. The Morgan fingerprint density at radius 3 is 2.96 bits per heavy atom. The van der Waals surface area contributed by atoms with Gasteiger partial charge >= 0.3 is 0 Å². The van der Waals surface area contributed by atoms with Crippen molar-refractivity contribution < 1.29 is 0 Å². The van der Waals surface area contributed by atoms with Crippen molar-refractivity contribution in [3.63, 3.8) is 0 Å². The van der Waals surface area contributed by atoms with Crippen molar-refractivity contribution in [2.45, 2.75) is 33.7 Å². The Kier molecular flexibility index (Phi) is 3.86. The van der Waals surface area contributed by atoms with Gasteiger partial charge in [-0.1, -0.05) is 5.57 Å². The molecule has 3 rings (SSSR count). The second-order valence-corrected chi connectivity index (χ2v) is 6.13. The number of hydrogen-bond donors (Lipinski definition) is 1. The van der Waals surface area contributed by atoms with Gasteiger partial charge in [-0.2, -0.15) is 0 Å². The largest absolute Gasteiger partial charge is 0.394 e. The first-order chi connectivity index (χ1) is 10.9. The van der Waals surface area contributed by atoms with Crippen LogP contribution in [-0.4, -0.2) is 15.3 Å². The van der Waals surface area contributed by atoms with E-state index in [-0.39, 0.29) is 11.2 Å². The summed E-state index contributed by atoms with van der Waals surface area (Å²) in [5.41, 5.74) is 11.9. The fourth-order valence-electron chi connectivity index (χ4n) is 2.78. The maximum atomic E-state index is 12.1. The number of anilines is 1. The van der Waals surface area contributed by atoms with Crippen molar-refractivity contribution in [3.05, 3.63) is 57.3 Å². The Labute approximate surface area is 135 Å². The lowest BCUT2D eigenvalue weighted by molar-refractivity contribution is 0.803. The molecule has 2 aromatic rings. The van der Waals surface area contributed by atoms with Crippen LogP contribution in [0.2, 0.25) is 0 Å². The first-order valence-electron chi connectivity index (χ1n) is 7.61. The van der Waals surface area contributed by atoms with Gasteiger partial charge in [0.1, 0.15) is 0 Å². The molecule has 0 fully saturated rings. The summed E-state index contributed by atoms with van der Waals surface area (Å²) >= 11 is 0. The van der Waals surface area contributed by atoms with E-state index in [1.165, 1.54) is 5.57 Å². The van der Waals surface area contributed by atoms with E-state index >= 15 is 0 Å². The van der Waals surface area contributed by atoms with Crippen molar-refractivity contribution in [1.29, 1.82) is 0 Å². The number of aryl methyl sites for hydroxylation is 1. The molecule has 118 valence electrons. The molecule has 1 aliphatic rings. The molecule has 0 aliphatic carbocycles. The Hall–Kier alpha value is -2.69. The van der Waals surface area contributed by atoms with E-state index in [0.717, 1.165) is 34.8 Å². The highest BCUT2D eigenvalue weighted by Gasteiger charge is 2.19. The molecule has 0 saturated carbocycles. The third kappa shape index (κ3) is 3.08. The monoisotopic (exact) mass is 308 g/mol. The lowest BCUT2D eigenvalue weighted by Gasteiger charge is -2.05. The number of rotatable bonds is 3. The molecule has 2 N–H and O–H groups in total. The standard InChI is InChI=1S/C18H20N4O/c1-11(2)7-16-17-13(8-12(3)20-16)9-14(21-17)10-22-6-4-5-15(19)18(22)23/h4-8H,9-10,19H2,1-3H3. The van der Waals surface area contributed by atoms with Crippen LogP contribution in [0.3, 0.4) is 0 Å². The molecule has 0 bridgehead atoms. The number of aliphatic imine (C=N–C) groups is 1. The molecule has 2 aromatic heterocycles. The number of fused-ring (bicyclic) bond motifs is 1. The maximum absolute atomic E-state index is 12.1. The number of pyridine rings is 2. The van der Waals surface area contributed by atoms with E-state index in [0.29, 0.717) is 6.54 Å². The summed E-state index contributed by atoms with van der Waals surface area (Å²) in [5, 5.41) is 0. The lowest BCUT2D eigenvalue weighted by atomic mass is 10.1. The first kappa shape index (κ1) is 15.2. The lowest BCUT2D eigenvalue weighted by Crippen LogP contribution is -2.25. The minimum absolute atomic E-state index is 0.176. The van der Waals surface area contributed by atoms with Gasteiger partial charge in [-0.3, -0.25) is 14.8 Å². The van der Waals surface area contributed by atoms with E-state index in [9.17, 15) is 4.79 Å². The van der Waals surface area contributed by atoms with Crippen molar-refractivity contribution in [2.75, 3.05) is 5.73 Å². The first-order valence-corrected chi connectivity index (χ1v) is 7.61. The van der Waals surface area contributed by atoms with Crippen LogP contribution in [0.5, 0.6) is 0 Å². The highest BCUT2D eigenvalue weighted by molar-refractivity contribution is 5.95. The molecule has 0 amide bonds. The van der Waals surface area contributed by atoms with Gasteiger partial charge < -0.3 is 10.3 Å². The number of aromatic nitrogens is 2. The fraction of sp³-hybridized carbons (Fsp3) is 0.278. The molecule has 0 atom stereocenters. The quantitative estimate of drug-likeness (QED) is 0.947. The molecular weight excluding hydrogens is 288 g/mol. The van der Waals surface area contributed by atoms with Gasteiger partial charge in [0.15, 0.2) is 0 Å². The molecule has 23 heavy (non-hydrogen) atoms. The topological polar surface area (TPSA) is 73.3 Å². The minimum atomic E-state index is -0.176. The molecule has 1 aliphatic heterocycles. The molecule has 5 heteroatoms. The van der Waals surface area contributed by atoms with Gasteiger partial charge in [-0.05, 0) is 50.6 Å². The van der Waals surface area contributed by atoms with Gasteiger partial charge in [0.2, 0.25) is 0 Å². The highest BCUT2D eigenvalue weighted by atomic mass is 16.1. The fourth-order valence-corrected chi connectivity index (χ4v) is 2.78. The summed E-state index contributed by atoms with van der Waals surface area (Å²) in [4.78, 5) is 21.4. The van der Waals surface area contributed by atoms with Crippen molar-refractivity contribution in [3.8, 4) is 0 Å². The zero-order valence-corrected chi connectivity index (χ0v) is 13.6. The van der Waals surface area contributed by atoms with Crippen LogP contribution in [-0.2, 0) is 13.0 Å². The average molecular weight is 308 g/mol. The Bertz CT molecular complexity index is 886. The van der Waals surface area contributed by atoms with Gasteiger partial charge in [0, 0.05) is 24.0 Å². The van der Waals surface area contributed by atoms with Crippen LogP contribution >= 0.6 is 0 Å². The molecular formula is C18H20N4O. The van der Waals surface area contributed by atoms with Crippen LogP contribution < -0.4 is 11.3 Å². The normalized spacial score (nSPS) is 12.7. The number of allylic oxidation sites excluding steroid dienone is 1. The molecule has 5 nitrogen and oxygen atoms in total. The molecule has 0 unspecified atom stereocenters. The van der Waals surface area contributed by atoms with Crippen LogP contribution in [0.4, 0.5) is 11.4 Å². The zero-order valence-electron chi connectivity index (χ0n) is 13.6. The smallest absolute Gasteiger partial charge is 0.274 e. The van der Waals surface area contributed by atoms with E-state index < -0.39 is 0 Å². The van der Waals surface area contributed by atoms with Crippen molar-refractivity contribution >= 4 is 23.2 Å². The predicted molar refractivity (Wildman–Crippen MR) is 94.2 cm³/mol. The Morgan fingerprint density at radius 1 is 1.43 bits per heavy atom. The third-order valence-corrected chi connectivity index (χ3v) is 3.72. The van der Waals surface area contributed by atoms with Gasteiger partial charge in [0.25, 0.3) is 5.56 Å². The van der Waals surface area contributed by atoms with E-state index in [1.54, 1.807) is 22.9 Å². The van der Waals surface area contributed by atoms with E-state index in [1.807, 2.05) is 26.8 Å². The van der Waals surface area contributed by atoms with Crippen LogP contribution in [0.25, 0.3) is 6.08 Å². The van der Waals surface area contributed by atoms with Gasteiger partial charge in [-0.25, -0.2) is 0 Å². The molecule has 0 radical (unpaired) electrons. The second kappa shape index (κ2) is 5.83. The molecule has 0 spiro atoms. The third-order valence-electron chi connectivity index (χ3n) is 3.72. The maximum Gasteiger partial charge on any atom is 0.274 e. The minimum Gasteiger partial charge on any atom is -0.394 e. The second-order valence-electron chi connectivity index (χ2n) is 6.13. The average Bonchev–Trinajstić information content (AvgIpc) is 2.86.